The van der Waals surface area contributed by atoms with Gasteiger partial charge in [-0.2, -0.15) is 0 Å². The molecule has 0 unspecified atom stereocenters. The average Bonchev–Trinajstić information content (AvgIpc) is 3.32. The summed E-state index contributed by atoms with van der Waals surface area (Å²) >= 11 is 0. The second-order valence-electron chi connectivity index (χ2n) is 6.08. The van der Waals surface area contributed by atoms with Crippen molar-refractivity contribution in [3.63, 3.8) is 0 Å². The summed E-state index contributed by atoms with van der Waals surface area (Å²) in [4.78, 5) is 31.3. The summed E-state index contributed by atoms with van der Waals surface area (Å²) in [6.45, 7) is 2.58. The highest BCUT2D eigenvalue weighted by atomic mass is 16.3. The molecule has 0 bridgehead atoms. The van der Waals surface area contributed by atoms with Crippen molar-refractivity contribution in [2.45, 2.75) is 20.0 Å². The Hall–Kier alpha value is -3.75. The molecular weight excluding hydrogens is 348 g/mol. The average molecular weight is 364 g/mol. The molecule has 0 spiro atoms. The topological polar surface area (TPSA) is 119 Å². The zero-order valence-corrected chi connectivity index (χ0v) is 14.5. The maximum absolute atomic E-state index is 12.3. The molecule has 0 saturated carbocycles. The van der Waals surface area contributed by atoms with Crippen molar-refractivity contribution in [3.8, 4) is 0 Å². The molecule has 0 atom stereocenters. The molecule has 3 aromatic heterocycles. The van der Waals surface area contributed by atoms with Crippen LogP contribution in [0.1, 0.15) is 27.5 Å². The van der Waals surface area contributed by atoms with Gasteiger partial charge in [0.05, 0.1) is 19.4 Å². The lowest BCUT2D eigenvalue weighted by Gasteiger charge is -2.05. The van der Waals surface area contributed by atoms with E-state index < -0.39 is 11.5 Å². The Morgan fingerprint density at radius 2 is 2.07 bits per heavy atom. The third kappa shape index (κ3) is 3.47. The highest BCUT2D eigenvalue weighted by Crippen LogP contribution is 2.09. The van der Waals surface area contributed by atoms with E-state index in [4.69, 9.17) is 4.42 Å². The summed E-state index contributed by atoms with van der Waals surface area (Å²) in [6, 6.07) is 11.4. The summed E-state index contributed by atoms with van der Waals surface area (Å²) in [7, 11) is 0. The minimum Gasteiger partial charge on any atom is -0.467 e. The number of nitrogens with one attached hydrogen (secondary N) is 2. The number of hydrogen-bond donors (Lipinski definition) is 2. The van der Waals surface area contributed by atoms with Crippen LogP contribution < -0.4 is 10.9 Å². The van der Waals surface area contributed by atoms with Gasteiger partial charge in [-0.1, -0.05) is 35.0 Å². The minimum atomic E-state index is -0.520. The lowest BCUT2D eigenvalue weighted by Crippen LogP contribution is -2.27. The number of H-pyrrole nitrogens is 1. The van der Waals surface area contributed by atoms with E-state index >= 15 is 0 Å². The molecule has 1 aromatic carbocycles. The van der Waals surface area contributed by atoms with Gasteiger partial charge in [0.2, 0.25) is 5.82 Å². The molecule has 2 N–H and O–H groups in total. The lowest BCUT2D eigenvalue weighted by atomic mass is 10.1. The molecule has 4 rings (SSSR count). The Morgan fingerprint density at radius 1 is 1.26 bits per heavy atom. The van der Waals surface area contributed by atoms with Crippen LogP contribution in [-0.2, 0) is 13.1 Å². The van der Waals surface area contributed by atoms with E-state index in [0.29, 0.717) is 12.3 Å². The van der Waals surface area contributed by atoms with Gasteiger partial charge in [0, 0.05) is 0 Å². The molecule has 0 radical (unpaired) electrons. The molecule has 136 valence electrons. The Kier molecular flexibility index (Phi) is 4.25. The summed E-state index contributed by atoms with van der Waals surface area (Å²) in [5, 5.41) is 10.5. The van der Waals surface area contributed by atoms with Gasteiger partial charge in [0.25, 0.3) is 11.5 Å². The van der Waals surface area contributed by atoms with Crippen molar-refractivity contribution in [2.24, 2.45) is 0 Å². The zero-order chi connectivity index (χ0) is 18.8. The van der Waals surface area contributed by atoms with Crippen LogP contribution in [0.5, 0.6) is 0 Å². The fourth-order valence-corrected chi connectivity index (χ4v) is 2.61. The van der Waals surface area contributed by atoms with E-state index in [9.17, 15) is 9.59 Å². The van der Waals surface area contributed by atoms with Crippen LogP contribution in [0.25, 0.3) is 11.2 Å². The van der Waals surface area contributed by atoms with Crippen molar-refractivity contribution >= 4 is 17.1 Å². The quantitative estimate of drug-likeness (QED) is 0.552. The van der Waals surface area contributed by atoms with Gasteiger partial charge in [-0.3, -0.25) is 9.59 Å². The first-order chi connectivity index (χ1) is 13.1. The number of nitrogens with zero attached hydrogens (tertiary/aromatic N) is 4. The second-order valence-corrected chi connectivity index (χ2v) is 6.08. The molecule has 0 fully saturated rings. The number of carbonyl (C=O) groups is 1. The Morgan fingerprint density at radius 3 is 2.81 bits per heavy atom. The molecule has 27 heavy (non-hydrogen) atoms. The predicted octanol–water partition coefficient (Wildman–Crippen LogP) is 1.39. The smallest absolute Gasteiger partial charge is 0.287 e. The number of furan rings is 1. The maximum atomic E-state index is 12.3. The van der Waals surface area contributed by atoms with Gasteiger partial charge in [0.15, 0.2) is 11.2 Å². The van der Waals surface area contributed by atoms with Crippen molar-refractivity contribution in [1.29, 1.82) is 0 Å². The van der Waals surface area contributed by atoms with Crippen LogP contribution in [0.2, 0.25) is 0 Å². The summed E-state index contributed by atoms with van der Waals surface area (Å²) < 4.78 is 6.66. The molecule has 4 aromatic rings. The normalized spacial score (nSPS) is 11.0. The number of carbonyl (C=O) groups excluding carboxylic acids is 1. The second kappa shape index (κ2) is 6.87. The number of aryl methyl sites for hydroxylation is 1. The van der Waals surface area contributed by atoms with Crippen molar-refractivity contribution in [3.05, 3.63) is 75.7 Å². The SMILES string of the molecule is Cc1ccc(Cn2nnc3c(=O)[nH]c(C(=O)NCc4ccco4)nc32)cc1. The van der Waals surface area contributed by atoms with Gasteiger partial charge in [-0.15, -0.1) is 5.10 Å². The fraction of sp³-hybridized carbons (Fsp3) is 0.167. The molecule has 3 heterocycles. The van der Waals surface area contributed by atoms with Crippen molar-refractivity contribution in [1.82, 2.24) is 30.3 Å². The Bertz CT molecular complexity index is 1140. The Labute approximate surface area is 153 Å². The minimum absolute atomic E-state index is 0.0877. The number of aromatic nitrogens is 5. The molecule has 9 nitrogen and oxygen atoms in total. The van der Waals surface area contributed by atoms with Crippen LogP contribution in [-0.4, -0.2) is 30.9 Å². The Balaban J connectivity index is 1.62. The highest BCUT2D eigenvalue weighted by Gasteiger charge is 2.16. The van der Waals surface area contributed by atoms with E-state index in [-0.39, 0.29) is 23.5 Å². The molecule has 0 aliphatic carbocycles. The van der Waals surface area contributed by atoms with E-state index in [1.165, 1.54) is 10.9 Å². The maximum Gasteiger partial charge on any atom is 0.287 e. The van der Waals surface area contributed by atoms with Gasteiger partial charge < -0.3 is 14.7 Å². The number of rotatable bonds is 5. The predicted molar refractivity (Wildman–Crippen MR) is 96.1 cm³/mol. The molecule has 9 heteroatoms. The van der Waals surface area contributed by atoms with E-state index in [2.05, 4.69) is 25.6 Å². The van der Waals surface area contributed by atoms with Crippen molar-refractivity contribution < 1.29 is 9.21 Å². The van der Waals surface area contributed by atoms with Gasteiger partial charge >= 0.3 is 0 Å². The van der Waals surface area contributed by atoms with Gasteiger partial charge in [-0.25, -0.2) is 9.67 Å². The third-order valence-electron chi connectivity index (χ3n) is 4.04. The number of fused-ring (bicyclic) bond motifs is 1. The van der Waals surface area contributed by atoms with Crippen LogP contribution in [0.15, 0.2) is 51.9 Å². The summed E-state index contributed by atoms with van der Waals surface area (Å²) in [5.41, 5.74) is 1.95. The number of hydrogen-bond acceptors (Lipinski definition) is 6. The van der Waals surface area contributed by atoms with Crippen molar-refractivity contribution in [2.75, 3.05) is 0 Å². The van der Waals surface area contributed by atoms with Crippen LogP contribution in [0, 0.1) is 6.92 Å². The summed E-state index contributed by atoms with van der Waals surface area (Å²) in [6.07, 6.45) is 1.52. The number of aromatic amines is 1. The zero-order valence-electron chi connectivity index (χ0n) is 14.5. The molecular formula is C18H16N6O3. The first-order valence-corrected chi connectivity index (χ1v) is 8.30. The highest BCUT2D eigenvalue weighted by molar-refractivity contribution is 5.91. The standard InChI is InChI=1S/C18H16N6O3/c1-11-4-6-12(7-5-11)10-24-16-14(22-23-24)17(25)21-15(20-16)18(26)19-9-13-3-2-8-27-13/h2-8H,9-10H2,1H3,(H,19,26)(H,20,21,25). The van der Waals surface area contributed by atoms with Gasteiger partial charge in [-0.05, 0) is 24.6 Å². The van der Waals surface area contributed by atoms with E-state index in [0.717, 1.165) is 11.1 Å². The molecule has 0 saturated heterocycles. The first kappa shape index (κ1) is 16.7. The first-order valence-electron chi connectivity index (χ1n) is 8.30. The number of amides is 1. The number of benzene rings is 1. The molecule has 0 aliphatic rings. The third-order valence-corrected chi connectivity index (χ3v) is 4.04. The van der Waals surface area contributed by atoms with Crippen LogP contribution >= 0.6 is 0 Å². The largest absolute Gasteiger partial charge is 0.467 e. The molecule has 0 aliphatic heterocycles. The van der Waals surface area contributed by atoms with Crippen LogP contribution in [0.3, 0.4) is 0 Å². The van der Waals surface area contributed by atoms with Gasteiger partial charge in [0.1, 0.15) is 5.76 Å². The van der Waals surface area contributed by atoms with E-state index in [1.54, 1.807) is 12.1 Å². The van der Waals surface area contributed by atoms with E-state index in [1.807, 2.05) is 31.2 Å². The molecule has 1 amide bonds. The van der Waals surface area contributed by atoms with Crippen LogP contribution in [0.4, 0.5) is 0 Å². The lowest BCUT2D eigenvalue weighted by molar-refractivity contribution is 0.0937. The fourth-order valence-electron chi connectivity index (χ4n) is 2.61. The monoisotopic (exact) mass is 364 g/mol. The summed E-state index contributed by atoms with van der Waals surface area (Å²) in [5.74, 6) is -0.0298.